The predicted octanol–water partition coefficient (Wildman–Crippen LogP) is 2.81. The number of rotatable bonds is 3. The quantitative estimate of drug-likeness (QED) is 0.758. The molecule has 1 aliphatic heterocycles. The van der Waals surface area contributed by atoms with Crippen LogP contribution in [0.15, 0.2) is 17.3 Å². The van der Waals surface area contributed by atoms with Crippen molar-refractivity contribution in [3.8, 4) is 0 Å². The van der Waals surface area contributed by atoms with Crippen molar-refractivity contribution in [2.75, 3.05) is 13.1 Å². The first kappa shape index (κ1) is 10.8. The van der Waals surface area contributed by atoms with Crippen molar-refractivity contribution in [3.63, 3.8) is 0 Å². The van der Waals surface area contributed by atoms with Crippen molar-refractivity contribution in [1.82, 2.24) is 4.90 Å². The summed E-state index contributed by atoms with van der Waals surface area (Å²) in [5.74, 6) is 0.106. The topological polar surface area (TPSA) is 32.7 Å². The van der Waals surface area contributed by atoms with Crippen LogP contribution in [0.1, 0.15) is 12.0 Å². The molecule has 0 N–H and O–H groups in total. The summed E-state index contributed by atoms with van der Waals surface area (Å²) in [6, 6.07) is 1.98. The van der Waals surface area contributed by atoms with E-state index in [2.05, 4.69) is 10.1 Å². The molecular weight excluding hydrogens is 226 g/mol. The number of nitroso groups, excluding NO2 is 1. The highest BCUT2D eigenvalue weighted by atomic mass is 19.1. The molecule has 0 amide bonds. The van der Waals surface area contributed by atoms with Crippen LogP contribution in [0.4, 0.5) is 14.5 Å². The van der Waals surface area contributed by atoms with E-state index >= 15 is 0 Å². The van der Waals surface area contributed by atoms with Crippen molar-refractivity contribution < 1.29 is 8.78 Å². The standard InChI is InChI=1S/C12H12F2N2O/c13-11-2-9(15-17)3-12(14)10(11)6-16-4-7-1-8(7)5-16/h2-3,7-8H,1,4-6H2. The number of likely N-dealkylation sites (tertiary alicyclic amines) is 1. The summed E-state index contributed by atoms with van der Waals surface area (Å²) >= 11 is 0. The van der Waals surface area contributed by atoms with Crippen molar-refractivity contribution in [1.29, 1.82) is 0 Å². The maximum Gasteiger partial charge on any atom is 0.132 e. The lowest BCUT2D eigenvalue weighted by Crippen LogP contribution is -2.23. The number of hydrogen-bond acceptors (Lipinski definition) is 3. The highest BCUT2D eigenvalue weighted by Crippen LogP contribution is 2.45. The Morgan fingerprint density at radius 3 is 2.35 bits per heavy atom. The van der Waals surface area contributed by atoms with Gasteiger partial charge in [0, 0.05) is 37.3 Å². The summed E-state index contributed by atoms with van der Waals surface area (Å²) in [4.78, 5) is 12.3. The first-order valence-corrected chi connectivity index (χ1v) is 5.71. The zero-order chi connectivity index (χ0) is 12.0. The van der Waals surface area contributed by atoms with Crippen molar-refractivity contribution in [2.24, 2.45) is 17.0 Å². The summed E-state index contributed by atoms with van der Waals surface area (Å²) in [6.45, 7) is 2.14. The molecule has 3 nitrogen and oxygen atoms in total. The van der Waals surface area contributed by atoms with Gasteiger partial charge in [-0.1, -0.05) is 0 Å². The molecule has 17 heavy (non-hydrogen) atoms. The smallest absolute Gasteiger partial charge is 0.132 e. The molecule has 1 saturated heterocycles. The summed E-state index contributed by atoms with van der Waals surface area (Å²) in [5, 5.41) is 2.54. The molecule has 3 rings (SSSR count). The molecule has 2 aliphatic rings. The third-order valence-electron chi connectivity index (χ3n) is 3.67. The van der Waals surface area contributed by atoms with Crippen LogP contribution >= 0.6 is 0 Å². The fraction of sp³-hybridized carbons (Fsp3) is 0.500. The highest BCUT2D eigenvalue weighted by molar-refractivity contribution is 5.40. The van der Waals surface area contributed by atoms with Gasteiger partial charge in [-0.2, -0.15) is 0 Å². The Balaban J connectivity index is 1.79. The second kappa shape index (κ2) is 3.84. The second-order valence-corrected chi connectivity index (χ2v) is 4.93. The maximum atomic E-state index is 13.6. The van der Waals surface area contributed by atoms with Gasteiger partial charge in [-0.05, 0) is 23.4 Å². The van der Waals surface area contributed by atoms with Crippen LogP contribution in [0.25, 0.3) is 0 Å². The number of nitrogens with zero attached hydrogens (tertiary/aromatic N) is 2. The molecule has 5 heteroatoms. The minimum atomic E-state index is -0.680. The van der Waals surface area contributed by atoms with E-state index in [0.29, 0.717) is 0 Å². The van der Waals surface area contributed by atoms with Crippen LogP contribution in [0.2, 0.25) is 0 Å². The van der Waals surface area contributed by atoms with Crippen molar-refractivity contribution in [3.05, 3.63) is 34.2 Å². The first-order valence-electron chi connectivity index (χ1n) is 5.71. The molecule has 0 aromatic heterocycles. The van der Waals surface area contributed by atoms with Gasteiger partial charge in [-0.15, -0.1) is 4.91 Å². The summed E-state index contributed by atoms with van der Waals surface area (Å²) in [6.07, 6.45) is 1.26. The monoisotopic (exact) mass is 238 g/mol. The Bertz CT molecular complexity index is 445. The molecular formula is C12H12F2N2O. The largest absolute Gasteiger partial charge is 0.298 e. The zero-order valence-electron chi connectivity index (χ0n) is 9.20. The van der Waals surface area contributed by atoms with E-state index in [1.165, 1.54) is 6.42 Å². The van der Waals surface area contributed by atoms with Crippen LogP contribution < -0.4 is 0 Å². The molecule has 1 saturated carbocycles. The Morgan fingerprint density at radius 1 is 1.24 bits per heavy atom. The summed E-state index contributed by atoms with van der Waals surface area (Å²) in [5.41, 5.74) is -0.160. The fourth-order valence-electron chi connectivity index (χ4n) is 2.64. The van der Waals surface area contributed by atoms with Gasteiger partial charge in [0.25, 0.3) is 0 Å². The Kier molecular flexibility index (Phi) is 2.43. The van der Waals surface area contributed by atoms with Crippen LogP contribution in [0, 0.1) is 28.4 Å². The van der Waals surface area contributed by atoms with Gasteiger partial charge in [0.1, 0.15) is 17.3 Å². The lowest BCUT2D eigenvalue weighted by atomic mass is 10.1. The molecule has 1 aromatic rings. The maximum absolute atomic E-state index is 13.6. The first-order chi connectivity index (χ1) is 8.17. The van der Waals surface area contributed by atoms with E-state index in [9.17, 15) is 13.7 Å². The fourth-order valence-corrected chi connectivity index (χ4v) is 2.64. The van der Waals surface area contributed by atoms with E-state index in [1.807, 2.05) is 0 Å². The number of halogens is 2. The minimum Gasteiger partial charge on any atom is -0.298 e. The third kappa shape index (κ3) is 1.95. The minimum absolute atomic E-state index is 0.0405. The average molecular weight is 238 g/mol. The van der Waals surface area contributed by atoms with Gasteiger partial charge in [0.2, 0.25) is 0 Å². The molecule has 0 bridgehead atoms. The molecule has 2 atom stereocenters. The molecule has 1 aliphatic carbocycles. The second-order valence-electron chi connectivity index (χ2n) is 4.93. The van der Waals surface area contributed by atoms with Crippen LogP contribution in [0.5, 0.6) is 0 Å². The van der Waals surface area contributed by atoms with Crippen LogP contribution in [-0.4, -0.2) is 18.0 Å². The third-order valence-corrected chi connectivity index (χ3v) is 3.67. The predicted molar refractivity (Wildman–Crippen MR) is 58.7 cm³/mol. The molecule has 2 unspecified atom stereocenters. The molecule has 0 radical (unpaired) electrons. The van der Waals surface area contributed by atoms with E-state index in [4.69, 9.17) is 0 Å². The lowest BCUT2D eigenvalue weighted by Gasteiger charge is -2.18. The normalized spacial score (nSPS) is 26.9. The van der Waals surface area contributed by atoms with Gasteiger partial charge in [0.15, 0.2) is 0 Å². The van der Waals surface area contributed by atoms with Crippen molar-refractivity contribution >= 4 is 5.69 Å². The summed E-state index contributed by atoms with van der Waals surface area (Å²) in [7, 11) is 0. The van der Waals surface area contributed by atoms with Crippen molar-refractivity contribution in [2.45, 2.75) is 13.0 Å². The SMILES string of the molecule is O=Nc1cc(F)c(CN2CC3CC3C2)c(F)c1. The molecule has 1 aromatic carbocycles. The van der Waals surface area contributed by atoms with E-state index < -0.39 is 11.6 Å². The Labute approximate surface area is 97.4 Å². The van der Waals surface area contributed by atoms with Gasteiger partial charge in [-0.25, -0.2) is 8.78 Å². The number of fused-ring (bicyclic) bond motifs is 1. The van der Waals surface area contributed by atoms with Gasteiger partial charge in [0.05, 0.1) is 0 Å². The van der Waals surface area contributed by atoms with Gasteiger partial charge < -0.3 is 0 Å². The Hall–Kier alpha value is -1.36. The van der Waals surface area contributed by atoms with Crippen LogP contribution in [-0.2, 0) is 6.54 Å². The highest BCUT2D eigenvalue weighted by Gasteiger charge is 2.44. The van der Waals surface area contributed by atoms with Gasteiger partial charge in [-0.3, -0.25) is 4.90 Å². The molecule has 90 valence electrons. The number of hydrogen-bond donors (Lipinski definition) is 0. The Morgan fingerprint density at radius 2 is 1.82 bits per heavy atom. The van der Waals surface area contributed by atoms with Crippen LogP contribution in [0.3, 0.4) is 0 Å². The lowest BCUT2D eigenvalue weighted by molar-refractivity contribution is 0.287. The van der Waals surface area contributed by atoms with E-state index in [0.717, 1.165) is 37.1 Å². The molecule has 1 heterocycles. The number of benzene rings is 1. The van der Waals surface area contributed by atoms with Gasteiger partial charge >= 0.3 is 0 Å². The zero-order valence-corrected chi connectivity index (χ0v) is 9.20. The molecule has 0 spiro atoms. The average Bonchev–Trinajstić information content (AvgIpc) is 2.91. The summed E-state index contributed by atoms with van der Waals surface area (Å²) < 4.78 is 27.2. The molecule has 2 fully saturated rings. The number of piperidine rings is 1. The van der Waals surface area contributed by atoms with E-state index in [-0.39, 0.29) is 17.8 Å². The van der Waals surface area contributed by atoms with E-state index in [1.54, 1.807) is 0 Å².